The number of benzene rings is 9. The number of hydrogen-bond donors (Lipinski definition) is 0. The van der Waals surface area contributed by atoms with Crippen molar-refractivity contribution in [2.45, 2.75) is 0 Å². The Morgan fingerprint density at radius 2 is 0.981 bits per heavy atom. The smallest absolute Gasteiger partial charge is 0.143 e. The second kappa shape index (κ2) is 13.4. The zero-order valence-electron chi connectivity index (χ0n) is 33.3. The Morgan fingerprint density at radius 3 is 1.76 bits per heavy atom. The van der Waals surface area contributed by atoms with Gasteiger partial charge in [0, 0.05) is 33.2 Å². The summed E-state index contributed by atoms with van der Waals surface area (Å²) in [6, 6.07) is 62.0. The third-order valence-corrected chi connectivity index (χ3v) is 10.1. The van der Waals surface area contributed by atoms with E-state index < -0.39 is 0 Å². The van der Waals surface area contributed by atoms with E-state index in [2.05, 4.69) is 54.6 Å². The van der Waals surface area contributed by atoms with Crippen LogP contribution >= 0.6 is 0 Å². The highest BCUT2D eigenvalue weighted by Crippen LogP contribution is 2.42. The van der Waals surface area contributed by atoms with Gasteiger partial charge in [0.05, 0.1) is 5.48 Å². The van der Waals surface area contributed by atoms with Gasteiger partial charge in [-0.15, -0.1) is 0 Å². The Morgan fingerprint density at radius 1 is 0.370 bits per heavy atom. The van der Waals surface area contributed by atoms with Gasteiger partial charge in [-0.1, -0.05) is 158 Å². The van der Waals surface area contributed by atoms with E-state index in [0.29, 0.717) is 16.9 Å². The standard InChI is InChI=1S/C52H35NO/c1-3-12-36(13-4-1)38-24-29-44(30-25-38)53(45-31-26-39(27-32-45)42-18-9-17-41(34-42)37-14-5-2-6-15-37)46-20-10-19-43(35-46)47-22-11-23-50-51(47)49-33-28-40-16-7-8-21-48(40)52(49)54-50/h1-35H/i26D,27D,31D,32D. The minimum absolute atomic E-state index is 0.106. The van der Waals surface area contributed by atoms with Crippen molar-refractivity contribution in [1.29, 1.82) is 0 Å². The van der Waals surface area contributed by atoms with Crippen molar-refractivity contribution < 1.29 is 9.90 Å². The van der Waals surface area contributed by atoms with Crippen molar-refractivity contribution in [2.75, 3.05) is 4.90 Å². The Hall–Kier alpha value is -7.16. The molecule has 0 aliphatic carbocycles. The lowest BCUT2D eigenvalue weighted by molar-refractivity contribution is 0.673. The molecule has 0 saturated heterocycles. The highest BCUT2D eigenvalue weighted by Gasteiger charge is 2.18. The predicted molar refractivity (Wildman–Crippen MR) is 228 cm³/mol. The number of furan rings is 1. The van der Waals surface area contributed by atoms with Crippen LogP contribution in [0.2, 0.25) is 0 Å². The van der Waals surface area contributed by atoms with Crippen LogP contribution in [0, 0.1) is 0 Å². The van der Waals surface area contributed by atoms with Gasteiger partial charge in [-0.05, 0) is 104 Å². The summed E-state index contributed by atoms with van der Waals surface area (Å²) in [5, 5.41) is 4.20. The minimum atomic E-state index is -0.131. The SMILES string of the molecule is [2H]c1c([2H])c(N(c2ccc(-c3ccccc3)cc2)c2cccc(-c3cccc4oc5c6ccccc6ccc5c34)c2)c([2H])c([2H])c1-c1cccc(-c2ccccc2)c1. The van der Waals surface area contributed by atoms with Gasteiger partial charge in [0.2, 0.25) is 0 Å². The lowest BCUT2D eigenvalue weighted by Crippen LogP contribution is -2.10. The summed E-state index contributed by atoms with van der Waals surface area (Å²) in [6.45, 7) is 0. The first-order valence-corrected chi connectivity index (χ1v) is 18.1. The first-order valence-electron chi connectivity index (χ1n) is 20.1. The topological polar surface area (TPSA) is 16.4 Å². The molecule has 0 fully saturated rings. The molecule has 0 N–H and O–H groups in total. The molecule has 0 aliphatic heterocycles. The Bertz CT molecular complexity index is 3130. The van der Waals surface area contributed by atoms with Gasteiger partial charge in [-0.2, -0.15) is 0 Å². The molecule has 10 rings (SSSR count). The molecule has 54 heavy (non-hydrogen) atoms. The monoisotopic (exact) mass is 693 g/mol. The van der Waals surface area contributed by atoms with E-state index in [-0.39, 0.29) is 35.4 Å². The van der Waals surface area contributed by atoms with Gasteiger partial charge >= 0.3 is 0 Å². The third kappa shape index (κ3) is 5.71. The number of rotatable bonds is 7. The zero-order chi connectivity index (χ0) is 39.3. The fourth-order valence-corrected chi connectivity index (χ4v) is 7.49. The summed E-state index contributed by atoms with van der Waals surface area (Å²) in [5.74, 6) is 0. The van der Waals surface area contributed by atoms with Crippen LogP contribution in [0.4, 0.5) is 17.1 Å². The molecule has 0 radical (unpaired) electrons. The fraction of sp³-hybridized carbons (Fsp3) is 0. The van der Waals surface area contributed by atoms with Crippen molar-refractivity contribution in [1.82, 2.24) is 0 Å². The average molecular weight is 694 g/mol. The number of hydrogen-bond acceptors (Lipinski definition) is 2. The molecule has 2 nitrogen and oxygen atoms in total. The van der Waals surface area contributed by atoms with Crippen LogP contribution in [0.3, 0.4) is 0 Å². The highest BCUT2D eigenvalue weighted by atomic mass is 16.3. The fourth-order valence-electron chi connectivity index (χ4n) is 7.49. The maximum Gasteiger partial charge on any atom is 0.143 e. The van der Waals surface area contributed by atoms with Crippen LogP contribution in [0.1, 0.15) is 5.48 Å². The molecule has 10 aromatic rings. The Kier molecular flexibility index (Phi) is 6.84. The first kappa shape index (κ1) is 27.5. The molecular weight excluding hydrogens is 655 g/mol. The second-order valence-electron chi connectivity index (χ2n) is 13.4. The molecule has 0 atom stereocenters. The lowest BCUT2D eigenvalue weighted by Gasteiger charge is -2.26. The van der Waals surface area contributed by atoms with Crippen molar-refractivity contribution >= 4 is 49.8 Å². The van der Waals surface area contributed by atoms with E-state index in [0.717, 1.165) is 66.1 Å². The normalized spacial score (nSPS) is 12.4. The summed E-state index contributed by atoms with van der Waals surface area (Å²) < 4.78 is 44.5. The molecule has 0 bridgehead atoms. The molecule has 1 heterocycles. The minimum Gasteiger partial charge on any atom is -0.455 e. The van der Waals surface area contributed by atoms with E-state index in [9.17, 15) is 5.48 Å². The van der Waals surface area contributed by atoms with Crippen LogP contribution in [0.25, 0.3) is 77.2 Å². The molecule has 254 valence electrons. The van der Waals surface area contributed by atoms with Crippen LogP contribution in [0.15, 0.2) is 217 Å². The van der Waals surface area contributed by atoms with Crippen LogP contribution in [-0.4, -0.2) is 0 Å². The highest BCUT2D eigenvalue weighted by molar-refractivity contribution is 6.19. The molecule has 0 saturated carbocycles. The Labute approximate surface area is 320 Å². The summed E-state index contributed by atoms with van der Waals surface area (Å²) in [5.41, 5.74) is 10.0. The largest absolute Gasteiger partial charge is 0.455 e. The summed E-state index contributed by atoms with van der Waals surface area (Å²) >= 11 is 0. The molecule has 1 aromatic heterocycles. The Balaban J connectivity index is 1.15. The van der Waals surface area contributed by atoms with E-state index in [1.165, 1.54) is 0 Å². The van der Waals surface area contributed by atoms with Crippen LogP contribution in [-0.2, 0) is 0 Å². The first-order chi connectivity index (χ1) is 28.4. The van der Waals surface area contributed by atoms with Gasteiger partial charge in [0.15, 0.2) is 0 Å². The maximum absolute atomic E-state index is 9.56. The maximum atomic E-state index is 9.56. The molecule has 0 unspecified atom stereocenters. The number of fused-ring (bicyclic) bond motifs is 5. The average Bonchev–Trinajstić information content (AvgIpc) is 3.68. The molecular formula is C52H35NO. The molecule has 2 heteroatoms. The van der Waals surface area contributed by atoms with E-state index in [4.69, 9.17) is 4.42 Å². The van der Waals surface area contributed by atoms with Gasteiger partial charge in [-0.3, -0.25) is 0 Å². The van der Waals surface area contributed by atoms with Gasteiger partial charge in [0.1, 0.15) is 11.2 Å². The van der Waals surface area contributed by atoms with Crippen molar-refractivity contribution in [3.05, 3.63) is 212 Å². The van der Waals surface area contributed by atoms with Crippen LogP contribution < -0.4 is 4.90 Å². The van der Waals surface area contributed by atoms with Gasteiger partial charge < -0.3 is 9.32 Å². The van der Waals surface area contributed by atoms with E-state index in [1.807, 2.05) is 138 Å². The van der Waals surface area contributed by atoms with E-state index >= 15 is 0 Å². The van der Waals surface area contributed by atoms with E-state index in [1.54, 1.807) is 0 Å². The van der Waals surface area contributed by atoms with Crippen LogP contribution in [0.5, 0.6) is 0 Å². The van der Waals surface area contributed by atoms with Crippen molar-refractivity contribution in [3.63, 3.8) is 0 Å². The molecule has 9 aromatic carbocycles. The second-order valence-corrected chi connectivity index (χ2v) is 13.4. The molecule has 0 amide bonds. The van der Waals surface area contributed by atoms with Gasteiger partial charge in [-0.25, -0.2) is 0 Å². The summed E-state index contributed by atoms with van der Waals surface area (Å²) in [4.78, 5) is 1.85. The third-order valence-electron chi connectivity index (χ3n) is 10.1. The summed E-state index contributed by atoms with van der Waals surface area (Å²) in [7, 11) is 0. The van der Waals surface area contributed by atoms with Gasteiger partial charge in [0.25, 0.3) is 0 Å². The number of anilines is 3. The number of nitrogens with zero attached hydrogens (tertiary/aromatic N) is 1. The predicted octanol–water partition coefficient (Wildman–Crippen LogP) is 14.9. The van der Waals surface area contributed by atoms with Crippen molar-refractivity contribution in [2.24, 2.45) is 0 Å². The molecule has 0 spiro atoms. The quantitative estimate of drug-likeness (QED) is 0.165. The zero-order valence-corrected chi connectivity index (χ0v) is 29.3. The lowest BCUT2D eigenvalue weighted by atomic mass is 9.97. The van der Waals surface area contributed by atoms with Crippen molar-refractivity contribution in [3.8, 4) is 44.5 Å². The summed E-state index contributed by atoms with van der Waals surface area (Å²) in [6.07, 6.45) is 0. The molecule has 0 aliphatic rings.